The van der Waals surface area contributed by atoms with Gasteiger partial charge in [-0.15, -0.1) is 0 Å². The minimum Gasteiger partial charge on any atom is -0.334 e. The van der Waals surface area contributed by atoms with Crippen molar-refractivity contribution in [2.45, 2.75) is 25.8 Å². The van der Waals surface area contributed by atoms with E-state index in [1.807, 2.05) is 12.1 Å². The predicted molar refractivity (Wildman–Crippen MR) is 96.1 cm³/mol. The number of aromatic nitrogens is 2. The van der Waals surface area contributed by atoms with Gasteiger partial charge in [0.05, 0.1) is 5.69 Å². The highest BCUT2D eigenvalue weighted by Gasteiger charge is 2.26. The summed E-state index contributed by atoms with van der Waals surface area (Å²) in [5.74, 6) is 0.0389. The summed E-state index contributed by atoms with van der Waals surface area (Å²) in [6.07, 6.45) is 1.76. The van der Waals surface area contributed by atoms with Crippen molar-refractivity contribution < 1.29 is 9.59 Å². The van der Waals surface area contributed by atoms with Gasteiger partial charge in [0.25, 0.3) is 11.5 Å². The predicted octanol–water partition coefficient (Wildman–Crippen LogP) is 0.888. The maximum Gasteiger partial charge on any atom is 0.266 e. The van der Waals surface area contributed by atoms with Gasteiger partial charge >= 0.3 is 0 Å². The Morgan fingerprint density at radius 3 is 2.65 bits per heavy atom. The van der Waals surface area contributed by atoms with Gasteiger partial charge in [0, 0.05) is 62.9 Å². The Morgan fingerprint density at radius 2 is 1.85 bits per heavy atom. The third-order valence-corrected chi connectivity index (χ3v) is 5.20. The van der Waals surface area contributed by atoms with Crippen molar-refractivity contribution in [2.24, 2.45) is 7.05 Å². The van der Waals surface area contributed by atoms with Gasteiger partial charge in [-0.3, -0.25) is 14.4 Å². The molecule has 0 saturated heterocycles. The average Bonchev–Trinajstić information content (AvgIpc) is 2.64. The van der Waals surface area contributed by atoms with Gasteiger partial charge in [0.1, 0.15) is 0 Å². The van der Waals surface area contributed by atoms with E-state index in [1.165, 1.54) is 4.68 Å². The molecule has 0 fully saturated rings. The largest absolute Gasteiger partial charge is 0.334 e. The molecule has 7 nitrogen and oxygen atoms in total. The van der Waals surface area contributed by atoms with Crippen molar-refractivity contribution in [3.63, 3.8) is 0 Å². The molecule has 0 N–H and O–H groups in total. The van der Waals surface area contributed by atoms with E-state index in [4.69, 9.17) is 0 Å². The normalized spacial score (nSPS) is 16.3. The molecule has 4 rings (SSSR count). The maximum absolute atomic E-state index is 12.9. The Kier molecular flexibility index (Phi) is 3.86. The number of fused-ring (bicyclic) bond motifs is 2. The molecule has 7 heteroatoms. The van der Waals surface area contributed by atoms with Crippen LogP contribution in [0.25, 0.3) is 0 Å². The molecule has 0 atom stereocenters. The molecular weight excluding hydrogens is 332 g/mol. The molecular formula is C19H20N4O3. The third-order valence-electron chi connectivity index (χ3n) is 5.20. The van der Waals surface area contributed by atoms with Crippen molar-refractivity contribution in [3.8, 4) is 0 Å². The van der Waals surface area contributed by atoms with Crippen molar-refractivity contribution in [3.05, 3.63) is 57.0 Å². The Hall–Kier alpha value is -2.96. The number of amides is 2. The van der Waals surface area contributed by atoms with E-state index in [9.17, 15) is 14.4 Å². The summed E-state index contributed by atoms with van der Waals surface area (Å²) in [5.41, 5.74) is 4.03. The molecule has 0 saturated carbocycles. The quantitative estimate of drug-likeness (QED) is 0.764. The maximum atomic E-state index is 12.9. The summed E-state index contributed by atoms with van der Waals surface area (Å²) in [4.78, 5) is 40.0. The third kappa shape index (κ3) is 2.69. The minimum absolute atomic E-state index is 0.0568. The molecule has 0 bridgehead atoms. The molecule has 1 aromatic carbocycles. The van der Waals surface area contributed by atoms with E-state index >= 15 is 0 Å². The van der Waals surface area contributed by atoms with E-state index in [1.54, 1.807) is 36.0 Å². The Bertz CT molecular complexity index is 979. The first kappa shape index (κ1) is 16.5. The van der Waals surface area contributed by atoms with E-state index < -0.39 is 0 Å². The van der Waals surface area contributed by atoms with Gasteiger partial charge in [-0.2, -0.15) is 5.10 Å². The number of benzene rings is 1. The second kappa shape index (κ2) is 6.09. The van der Waals surface area contributed by atoms with Gasteiger partial charge in [0.15, 0.2) is 0 Å². The molecule has 0 unspecified atom stereocenters. The zero-order valence-electron chi connectivity index (χ0n) is 14.9. The van der Waals surface area contributed by atoms with Crippen LogP contribution in [0.1, 0.15) is 33.6 Å². The second-order valence-electron chi connectivity index (χ2n) is 6.85. The molecule has 2 aliphatic rings. The van der Waals surface area contributed by atoms with Gasteiger partial charge in [-0.25, -0.2) is 4.68 Å². The van der Waals surface area contributed by atoms with Crippen LogP contribution < -0.4 is 10.5 Å². The van der Waals surface area contributed by atoms with E-state index in [2.05, 4.69) is 5.10 Å². The summed E-state index contributed by atoms with van der Waals surface area (Å²) in [7, 11) is 3.39. The lowest BCUT2D eigenvalue weighted by Gasteiger charge is -2.29. The first-order valence-corrected chi connectivity index (χ1v) is 8.69. The Balaban J connectivity index is 1.60. The van der Waals surface area contributed by atoms with Crippen LogP contribution in [0.3, 0.4) is 0 Å². The molecule has 3 heterocycles. The summed E-state index contributed by atoms with van der Waals surface area (Å²) < 4.78 is 1.33. The van der Waals surface area contributed by atoms with Crippen LogP contribution in [0, 0.1) is 0 Å². The van der Waals surface area contributed by atoms with Crippen LogP contribution in [0.15, 0.2) is 29.1 Å². The highest BCUT2D eigenvalue weighted by atomic mass is 16.2. The van der Waals surface area contributed by atoms with Crippen LogP contribution in [-0.2, 0) is 31.2 Å². The zero-order valence-corrected chi connectivity index (χ0v) is 14.9. The van der Waals surface area contributed by atoms with Crippen LogP contribution >= 0.6 is 0 Å². The number of carbonyl (C=O) groups is 2. The summed E-state index contributed by atoms with van der Waals surface area (Å²) in [6, 6.07) is 7.07. The number of rotatable bonds is 1. The summed E-state index contributed by atoms with van der Waals surface area (Å²) in [6.45, 7) is 0.971. The lowest BCUT2D eigenvalue weighted by atomic mass is 9.98. The number of carbonyl (C=O) groups excluding carboxylic acids is 2. The summed E-state index contributed by atoms with van der Waals surface area (Å²) in [5, 5.41) is 4.28. The monoisotopic (exact) mass is 352 g/mol. The molecule has 0 aliphatic carbocycles. The van der Waals surface area contributed by atoms with Crippen molar-refractivity contribution in [2.75, 3.05) is 18.5 Å². The fourth-order valence-electron chi connectivity index (χ4n) is 3.64. The lowest BCUT2D eigenvalue weighted by molar-refractivity contribution is -0.118. The summed E-state index contributed by atoms with van der Waals surface area (Å²) >= 11 is 0. The molecule has 1 aromatic heterocycles. The van der Waals surface area contributed by atoms with Gasteiger partial charge in [0.2, 0.25) is 5.91 Å². The first-order chi connectivity index (χ1) is 12.4. The topological polar surface area (TPSA) is 75.5 Å². The molecule has 2 aromatic rings. The van der Waals surface area contributed by atoms with Crippen LogP contribution in [0.2, 0.25) is 0 Å². The molecule has 0 spiro atoms. The van der Waals surface area contributed by atoms with E-state index in [0.29, 0.717) is 37.9 Å². The molecule has 0 radical (unpaired) electrons. The van der Waals surface area contributed by atoms with Gasteiger partial charge in [-0.05, 0) is 30.2 Å². The highest BCUT2D eigenvalue weighted by Crippen LogP contribution is 2.28. The van der Waals surface area contributed by atoms with Crippen LogP contribution in [0.5, 0.6) is 0 Å². The molecule has 26 heavy (non-hydrogen) atoms. The molecule has 134 valence electrons. The second-order valence-corrected chi connectivity index (χ2v) is 6.85. The van der Waals surface area contributed by atoms with Crippen LogP contribution in [-0.4, -0.2) is 40.1 Å². The van der Waals surface area contributed by atoms with Crippen LogP contribution in [0.4, 0.5) is 5.69 Å². The SMILES string of the molecule is CN1C(=O)CCc2cc(C(=O)N3CCc4nn(C)c(=O)cc4C3)ccc21. The first-order valence-electron chi connectivity index (χ1n) is 8.69. The van der Waals surface area contributed by atoms with E-state index in [-0.39, 0.29) is 17.4 Å². The fourth-order valence-corrected chi connectivity index (χ4v) is 3.64. The number of anilines is 1. The zero-order chi connectivity index (χ0) is 18.4. The van der Waals surface area contributed by atoms with Gasteiger partial charge < -0.3 is 9.80 Å². The minimum atomic E-state index is -0.167. The highest BCUT2D eigenvalue weighted by molar-refractivity contribution is 5.99. The van der Waals surface area contributed by atoms with Crippen molar-refractivity contribution in [1.29, 1.82) is 0 Å². The van der Waals surface area contributed by atoms with Crippen molar-refractivity contribution >= 4 is 17.5 Å². The molecule has 2 aliphatic heterocycles. The number of nitrogens with zero attached hydrogens (tertiary/aromatic N) is 4. The number of hydrogen-bond donors (Lipinski definition) is 0. The Morgan fingerprint density at radius 1 is 1.04 bits per heavy atom. The smallest absolute Gasteiger partial charge is 0.266 e. The lowest BCUT2D eigenvalue weighted by Crippen LogP contribution is -2.38. The van der Waals surface area contributed by atoms with Gasteiger partial charge in [-0.1, -0.05) is 0 Å². The van der Waals surface area contributed by atoms with Crippen molar-refractivity contribution in [1.82, 2.24) is 14.7 Å². The Labute approximate surface area is 150 Å². The average molecular weight is 352 g/mol. The van der Waals surface area contributed by atoms with E-state index in [0.717, 1.165) is 22.5 Å². The standard InChI is InChI=1S/C19H20N4O3/c1-21-16-5-3-13(9-12(16)4-6-17(21)24)19(26)23-8-7-15-14(11-23)10-18(25)22(2)20-15/h3,5,9-10H,4,6-8,11H2,1-2H3. The number of hydrogen-bond acceptors (Lipinski definition) is 4. The fraction of sp³-hybridized carbons (Fsp3) is 0.368. The molecule has 2 amide bonds. The number of aryl methyl sites for hydroxylation is 2.